The van der Waals surface area contributed by atoms with Crippen LogP contribution < -0.4 is 5.56 Å². The summed E-state index contributed by atoms with van der Waals surface area (Å²) >= 11 is 3.82. The summed E-state index contributed by atoms with van der Waals surface area (Å²) < 4.78 is 0.751. The van der Waals surface area contributed by atoms with Crippen molar-refractivity contribution >= 4 is 33.9 Å². The highest BCUT2D eigenvalue weighted by Gasteiger charge is 2.29. The lowest BCUT2D eigenvalue weighted by molar-refractivity contribution is 0.604. The molecule has 0 amide bonds. The molecule has 1 fully saturated rings. The number of hydrogen-bond acceptors (Lipinski definition) is 3. The van der Waals surface area contributed by atoms with Crippen LogP contribution in [-0.4, -0.2) is 9.97 Å². The molecule has 2 aromatic heterocycles. The summed E-state index contributed by atoms with van der Waals surface area (Å²) in [6, 6.07) is 4.20. The Hall–Kier alpha value is -0.690. The topological polar surface area (TPSA) is 45.8 Å². The first-order chi connectivity index (χ1) is 9.36. The number of H-pyrrole nitrogens is 1. The van der Waals surface area contributed by atoms with Gasteiger partial charge in [0.25, 0.3) is 5.56 Å². The Bertz CT molecular complexity index is 707. The van der Waals surface area contributed by atoms with Gasteiger partial charge >= 0.3 is 0 Å². The van der Waals surface area contributed by atoms with E-state index in [-0.39, 0.29) is 11.0 Å². The van der Waals surface area contributed by atoms with Gasteiger partial charge in [0, 0.05) is 10.8 Å². The Morgan fingerprint density at radius 3 is 2.60 bits per heavy atom. The number of nitrogens with one attached hydrogen (secondary N) is 1. The molecule has 1 N–H and O–H groups in total. The molecule has 1 aliphatic rings. The lowest BCUT2D eigenvalue weighted by Crippen LogP contribution is -2.15. The van der Waals surface area contributed by atoms with Crippen LogP contribution in [0.5, 0.6) is 0 Å². The number of halogens is 1. The van der Waals surface area contributed by atoms with Gasteiger partial charge in [-0.2, -0.15) is 0 Å². The van der Waals surface area contributed by atoms with Crippen molar-refractivity contribution in [2.24, 2.45) is 0 Å². The molecule has 0 aliphatic heterocycles. The molecule has 1 aliphatic carbocycles. The normalized spacial score (nSPS) is 15.6. The van der Waals surface area contributed by atoms with Gasteiger partial charge in [-0.1, -0.05) is 20.8 Å². The van der Waals surface area contributed by atoms with Gasteiger partial charge < -0.3 is 4.98 Å². The molecule has 5 heteroatoms. The highest BCUT2D eigenvalue weighted by Crippen LogP contribution is 2.41. The van der Waals surface area contributed by atoms with Crippen LogP contribution in [0.2, 0.25) is 0 Å². The van der Waals surface area contributed by atoms with Crippen LogP contribution in [0.15, 0.2) is 16.9 Å². The molecule has 0 atom stereocenters. The Labute approximate surface area is 136 Å². The maximum absolute atomic E-state index is 12.1. The molecule has 1 saturated carbocycles. The van der Waals surface area contributed by atoms with Gasteiger partial charge in [-0.05, 0) is 53.0 Å². The Morgan fingerprint density at radius 1 is 1.35 bits per heavy atom. The lowest BCUT2D eigenvalue weighted by Gasteiger charge is -2.15. The highest BCUT2D eigenvalue weighted by atomic mass is 127. The van der Waals surface area contributed by atoms with E-state index in [0.717, 1.165) is 32.8 Å². The van der Waals surface area contributed by atoms with Crippen LogP contribution in [0.1, 0.15) is 50.1 Å². The van der Waals surface area contributed by atoms with Gasteiger partial charge in [0.1, 0.15) is 3.57 Å². The quantitative estimate of drug-likeness (QED) is 0.765. The molecular formula is C15H17IN2OS. The first-order valence-electron chi connectivity index (χ1n) is 6.76. The van der Waals surface area contributed by atoms with Crippen LogP contribution in [0.3, 0.4) is 0 Å². The molecule has 0 unspecified atom stereocenters. The van der Waals surface area contributed by atoms with Gasteiger partial charge in [0.05, 0.1) is 10.6 Å². The number of rotatable bonds is 2. The van der Waals surface area contributed by atoms with Gasteiger partial charge in [-0.25, -0.2) is 4.98 Å². The second-order valence-electron chi connectivity index (χ2n) is 6.30. The molecule has 20 heavy (non-hydrogen) atoms. The molecule has 0 bridgehead atoms. The standard InChI is InChI=1S/C15H17IN2OS/c1-15(2,3)10-7-6-9(20-10)13-17-12(8-4-5-8)11(16)14(19)18-13/h6-8H,4-5H2,1-3H3,(H,17,18,19). The Balaban J connectivity index is 2.06. The minimum Gasteiger partial charge on any atom is -0.305 e. The number of aromatic nitrogens is 2. The molecule has 106 valence electrons. The predicted octanol–water partition coefficient (Wildman–Crippen LogP) is 4.28. The maximum atomic E-state index is 12.1. The van der Waals surface area contributed by atoms with E-state index in [1.54, 1.807) is 11.3 Å². The van der Waals surface area contributed by atoms with Crippen molar-refractivity contribution in [3.63, 3.8) is 0 Å². The fraction of sp³-hybridized carbons (Fsp3) is 0.467. The summed E-state index contributed by atoms with van der Waals surface area (Å²) in [4.78, 5) is 22.0. The van der Waals surface area contributed by atoms with Crippen molar-refractivity contribution in [1.82, 2.24) is 9.97 Å². The first kappa shape index (κ1) is 14.3. The van der Waals surface area contributed by atoms with Crippen molar-refractivity contribution < 1.29 is 0 Å². The van der Waals surface area contributed by atoms with E-state index in [0.29, 0.717) is 5.92 Å². The number of thiophene rings is 1. The third kappa shape index (κ3) is 2.70. The van der Waals surface area contributed by atoms with E-state index < -0.39 is 0 Å². The van der Waals surface area contributed by atoms with E-state index in [2.05, 4.69) is 60.5 Å². The smallest absolute Gasteiger partial charge is 0.264 e. The van der Waals surface area contributed by atoms with Crippen molar-refractivity contribution in [1.29, 1.82) is 0 Å². The van der Waals surface area contributed by atoms with Crippen LogP contribution in [0.25, 0.3) is 10.7 Å². The largest absolute Gasteiger partial charge is 0.305 e. The van der Waals surface area contributed by atoms with Gasteiger partial charge in [0.15, 0.2) is 5.82 Å². The molecule has 3 rings (SSSR count). The molecule has 0 radical (unpaired) electrons. The fourth-order valence-electron chi connectivity index (χ4n) is 2.09. The summed E-state index contributed by atoms with van der Waals surface area (Å²) in [5.74, 6) is 1.21. The zero-order valence-electron chi connectivity index (χ0n) is 11.8. The number of aromatic amines is 1. The summed E-state index contributed by atoms with van der Waals surface area (Å²) in [6.07, 6.45) is 2.31. The average molecular weight is 400 g/mol. The van der Waals surface area contributed by atoms with Crippen molar-refractivity contribution in [2.45, 2.75) is 44.9 Å². The summed E-state index contributed by atoms with van der Waals surface area (Å²) in [5, 5.41) is 0. The minimum absolute atomic E-state index is 0.0109. The van der Waals surface area contributed by atoms with Crippen LogP contribution in [-0.2, 0) is 5.41 Å². The average Bonchev–Trinajstić information content (AvgIpc) is 3.06. The van der Waals surface area contributed by atoms with Crippen molar-refractivity contribution in [3.05, 3.63) is 36.6 Å². The van der Waals surface area contributed by atoms with Gasteiger partial charge in [-0.3, -0.25) is 4.79 Å². The van der Waals surface area contributed by atoms with E-state index in [1.807, 2.05) is 0 Å². The van der Waals surface area contributed by atoms with Gasteiger partial charge in [-0.15, -0.1) is 11.3 Å². The summed E-state index contributed by atoms with van der Waals surface area (Å²) in [6.45, 7) is 6.59. The second kappa shape index (κ2) is 4.94. The van der Waals surface area contributed by atoms with Gasteiger partial charge in [0.2, 0.25) is 0 Å². The highest BCUT2D eigenvalue weighted by molar-refractivity contribution is 14.1. The maximum Gasteiger partial charge on any atom is 0.264 e. The molecule has 0 saturated heterocycles. The van der Waals surface area contributed by atoms with Crippen molar-refractivity contribution in [2.75, 3.05) is 0 Å². The third-order valence-electron chi connectivity index (χ3n) is 3.43. The SMILES string of the molecule is CC(C)(C)c1ccc(-c2nc(C3CC3)c(I)c(=O)[nH]2)s1. The molecule has 3 nitrogen and oxygen atoms in total. The monoisotopic (exact) mass is 400 g/mol. The fourth-order valence-corrected chi connectivity index (χ4v) is 3.79. The summed E-state index contributed by atoms with van der Waals surface area (Å²) in [7, 11) is 0. The summed E-state index contributed by atoms with van der Waals surface area (Å²) in [5.41, 5.74) is 1.10. The van der Waals surface area contributed by atoms with Crippen LogP contribution in [0, 0.1) is 3.57 Å². The molecule has 0 aromatic carbocycles. The molecule has 0 spiro atoms. The Kier molecular flexibility index (Phi) is 3.52. The third-order valence-corrected chi connectivity index (χ3v) is 5.99. The van der Waals surface area contributed by atoms with E-state index in [9.17, 15) is 4.79 Å². The predicted molar refractivity (Wildman–Crippen MR) is 91.6 cm³/mol. The number of hydrogen-bond donors (Lipinski definition) is 1. The zero-order chi connectivity index (χ0) is 14.5. The Morgan fingerprint density at radius 2 is 2.05 bits per heavy atom. The zero-order valence-corrected chi connectivity index (χ0v) is 14.8. The van der Waals surface area contributed by atoms with Crippen LogP contribution in [0.4, 0.5) is 0 Å². The van der Waals surface area contributed by atoms with E-state index in [1.165, 1.54) is 4.88 Å². The molecule has 2 aromatic rings. The number of nitrogens with zero attached hydrogens (tertiary/aromatic N) is 1. The lowest BCUT2D eigenvalue weighted by atomic mass is 9.95. The minimum atomic E-state index is -0.0109. The molecule has 2 heterocycles. The van der Waals surface area contributed by atoms with E-state index >= 15 is 0 Å². The second-order valence-corrected chi connectivity index (χ2v) is 8.46. The van der Waals surface area contributed by atoms with E-state index in [4.69, 9.17) is 4.98 Å². The van der Waals surface area contributed by atoms with Crippen LogP contribution >= 0.6 is 33.9 Å². The van der Waals surface area contributed by atoms with Crippen molar-refractivity contribution in [3.8, 4) is 10.7 Å². The molecular weight excluding hydrogens is 383 g/mol. The first-order valence-corrected chi connectivity index (χ1v) is 8.66.